The van der Waals surface area contributed by atoms with Gasteiger partial charge in [0, 0.05) is 4.47 Å². The molecule has 2 rings (SSSR count). The minimum absolute atomic E-state index is 0.159. The number of aromatic nitrogens is 3. The van der Waals surface area contributed by atoms with Crippen LogP contribution in [-0.4, -0.2) is 14.8 Å². The largest absolute Gasteiger partial charge is 0.469 e. The predicted molar refractivity (Wildman–Crippen MR) is 59.5 cm³/mol. The van der Waals surface area contributed by atoms with Crippen LogP contribution in [0.5, 0.6) is 5.75 Å². The van der Waals surface area contributed by atoms with Gasteiger partial charge in [-0.25, -0.2) is 9.67 Å². The highest BCUT2D eigenvalue weighted by Gasteiger charge is 2.05. The van der Waals surface area contributed by atoms with Crippen molar-refractivity contribution in [2.75, 3.05) is 0 Å². The first-order valence-corrected chi connectivity index (χ1v) is 5.31. The van der Waals surface area contributed by atoms with E-state index in [1.807, 2.05) is 31.2 Å². The van der Waals surface area contributed by atoms with Gasteiger partial charge in [0.2, 0.25) is 0 Å². The molecule has 0 saturated carbocycles. The Morgan fingerprint density at radius 3 is 2.67 bits per heavy atom. The van der Waals surface area contributed by atoms with Gasteiger partial charge in [-0.3, -0.25) is 0 Å². The van der Waals surface area contributed by atoms with Gasteiger partial charge in [0.15, 0.2) is 6.23 Å². The van der Waals surface area contributed by atoms with E-state index < -0.39 is 0 Å². The molecule has 5 heteroatoms. The van der Waals surface area contributed by atoms with Crippen molar-refractivity contribution >= 4 is 15.9 Å². The van der Waals surface area contributed by atoms with Crippen LogP contribution in [0, 0.1) is 0 Å². The van der Waals surface area contributed by atoms with Gasteiger partial charge in [-0.2, -0.15) is 5.10 Å². The lowest BCUT2D eigenvalue weighted by Gasteiger charge is -2.14. The number of halogens is 1. The normalized spacial score (nSPS) is 12.4. The van der Waals surface area contributed by atoms with Gasteiger partial charge in [-0.1, -0.05) is 15.9 Å². The molecule has 0 bridgehead atoms. The van der Waals surface area contributed by atoms with Crippen molar-refractivity contribution in [2.45, 2.75) is 13.2 Å². The van der Waals surface area contributed by atoms with Gasteiger partial charge in [-0.15, -0.1) is 0 Å². The third kappa shape index (κ3) is 2.56. The first kappa shape index (κ1) is 10.2. The second-order valence-corrected chi connectivity index (χ2v) is 3.96. The molecule has 1 aromatic carbocycles. The van der Waals surface area contributed by atoms with E-state index in [1.54, 1.807) is 11.0 Å². The van der Waals surface area contributed by atoms with Crippen LogP contribution in [-0.2, 0) is 0 Å². The molecule has 78 valence electrons. The highest BCUT2D eigenvalue weighted by molar-refractivity contribution is 9.10. The van der Waals surface area contributed by atoms with Crippen LogP contribution in [0.15, 0.2) is 41.4 Å². The Hall–Kier alpha value is -1.36. The van der Waals surface area contributed by atoms with Crippen LogP contribution >= 0.6 is 15.9 Å². The topological polar surface area (TPSA) is 39.9 Å². The molecule has 1 atom stereocenters. The number of benzene rings is 1. The maximum absolute atomic E-state index is 5.65. The van der Waals surface area contributed by atoms with Gasteiger partial charge >= 0.3 is 0 Å². The summed E-state index contributed by atoms with van der Waals surface area (Å²) in [5.41, 5.74) is 0. The van der Waals surface area contributed by atoms with Crippen LogP contribution in [0.4, 0.5) is 0 Å². The summed E-state index contributed by atoms with van der Waals surface area (Å²) in [6.07, 6.45) is 2.96. The third-order valence-corrected chi connectivity index (χ3v) is 2.46. The molecular weight excluding hydrogens is 258 g/mol. The Labute approximate surface area is 96.0 Å². The van der Waals surface area contributed by atoms with Crippen LogP contribution in [0.2, 0.25) is 0 Å². The molecule has 0 amide bonds. The highest BCUT2D eigenvalue weighted by Crippen LogP contribution is 2.19. The monoisotopic (exact) mass is 267 g/mol. The standard InChI is InChI=1S/C10H10BrN3O/c1-8(14-7-12-6-13-14)15-10-4-2-9(11)3-5-10/h2-8H,1H3. The number of nitrogens with zero attached hydrogens (tertiary/aromatic N) is 3. The molecule has 0 saturated heterocycles. The maximum Gasteiger partial charge on any atom is 0.190 e. The van der Waals surface area contributed by atoms with E-state index >= 15 is 0 Å². The molecule has 0 spiro atoms. The lowest BCUT2D eigenvalue weighted by Crippen LogP contribution is -2.12. The van der Waals surface area contributed by atoms with Gasteiger partial charge < -0.3 is 4.74 Å². The number of rotatable bonds is 3. The first-order chi connectivity index (χ1) is 7.25. The van der Waals surface area contributed by atoms with Gasteiger partial charge in [-0.05, 0) is 31.2 Å². The number of ether oxygens (including phenoxy) is 1. The quantitative estimate of drug-likeness (QED) is 0.859. The van der Waals surface area contributed by atoms with Crippen molar-refractivity contribution in [2.24, 2.45) is 0 Å². The molecular formula is C10H10BrN3O. The van der Waals surface area contributed by atoms with E-state index in [1.165, 1.54) is 6.33 Å². The lowest BCUT2D eigenvalue weighted by molar-refractivity contribution is 0.137. The Kier molecular flexibility index (Phi) is 3.01. The van der Waals surface area contributed by atoms with Crippen LogP contribution in [0.25, 0.3) is 0 Å². The van der Waals surface area contributed by atoms with Gasteiger partial charge in [0.1, 0.15) is 18.4 Å². The average Bonchev–Trinajstić information content (AvgIpc) is 2.74. The summed E-state index contributed by atoms with van der Waals surface area (Å²) in [5.74, 6) is 0.807. The predicted octanol–water partition coefficient (Wildman–Crippen LogP) is 2.64. The third-order valence-electron chi connectivity index (χ3n) is 1.93. The zero-order valence-electron chi connectivity index (χ0n) is 8.17. The molecule has 1 heterocycles. The lowest BCUT2D eigenvalue weighted by atomic mass is 10.3. The number of hydrogen-bond acceptors (Lipinski definition) is 3. The molecule has 0 aliphatic carbocycles. The molecule has 15 heavy (non-hydrogen) atoms. The van der Waals surface area contributed by atoms with E-state index in [4.69, 9.17) is 4.74 Å². The summed E-state index contributed by atoms with van der Waals surface area (Å²) in [6.45, 7) is 1.91. The maximum atomic E-state index is 5.65. The van der Waals surface area contributed by atoms with E-state index in [0.717, 1.165) is 10.2 Å². The molecule has 2 aromatic rings. The van der Waals surface area contributed by atoms with E-state index in [0.29, 0.717) is 0 Å². The molecule has 0 N–H and O–H groups in total. The summed E-state index contributed by atoms with van der Waals surface area (Å²) < 4.78 is 8.34. The smallest absolute Gasteiger partial charge is 0.190 e. The Bertz CT molecular complexity index is 413. The van der Waals surface area contributed by atoms with E-state index in [-0.39, 0.29) is 6.23 Å². The Morgan fingerprint density at radius 2 is 2.07 bits per heavy atom. The van der Waals surface area contributed by atoms with Crippen LogP contribution in [0.3, 0.4) is 0 Å². The SMILES string of the molecule is CC(Oc1ccc(Br)cc1)n1cncn1. The van der Waals surface area contributed by atoms with Crippen molar-refractivity contribution in [1.82, 2.24) is 14.8 Å². The Morgan fingerprint density at radius 1 is 1.33 bits per heavy atom. The minimum atomic E-state index is -0.159. The fourth-order valence-electron chi connectivity index (χ4n) is 1.17. The molecule has 4 nitrogen and oxygen atoms in total. The summed E-state index contributed by atoms with van der Waals surface area (Å²) in [7, 11) is 0. The fraction of sp³-hybridized carbons (Fsp3) is 0.200. The van der Waals surface area contributed by atoms with Crippen molar-refractivity contribution in [1.29, 1.82) is 0 Å². The van der Waals surface area contributed by atoms with Crippen LogP contribution < -0.4 is 4.74 Å². The second kappa shape index (κ2) is 4.44. The minimum Gasteiger partial charge on any atom is -0.469 e. The summed E-state index contributed by atoms with van der Waals surface area (Å²) in [4.78, 5) is 3.86. The molecule has 0 aliphatic rings. The van der Waals surface area contributed by atoms with Gasteiger partial charge in [0.05, 0.1) is 0 Å². The summed E-state index contributed by atoms with van der Waals surface area (Å²) in [6, 6.07) is 7.67. The van der Waals surface area contributed by atoms with Crippen molar-refractivity contribution in [3.8, 4) is 5.75 Å². The molecule has 1 aromatic heterocycles. The highest BCUT2D eigenvalue weighted by atomic mass is 79.9. The molecule has 0 fully saturated rings. The fourth-order valence-corrected chi connectivity index (χ4v) is 1.43. The summed E-state index contributed by atoms with van der Waals surface area (Å²) >= 11 is 3.37. The van der Waals surface area contributed by atoms with Gasteiger partial charge in [0.25, 0.3) is 0 Å². The second-order valence-electron chi connectivity index (χ2n) is 3.05. The number of hydrogen-bond donors (Lipinski definition) is 0. The van der Waals surface area contributed by atoms with Crippen molar-refractivity contribution < 1.29 is 4.74 Å². The van der Waals surface area contributed by atoms with E-state index in [9.17, 15) is 0 Å². The van der Waals surface area contributed by atoms with Crippen LogP contribution in [0.1, 0.15) is 13.2 Å². The zero-order chi connectivity index (χ0) is 10.7. The van der Waals surface area contributed by atoms with E-state index in [2.05, 4.69) is 26.0 Å². The van der Waals surface area contributed by atoms with Crippen molar-refractivity contribution in [3.63, 3.8) is 0 Å². The molecule has 0 radical (unpaired) electrons. The molecule has 0 aliphatic heterocycles. The average molecular weight is 268 g/mol. The Balaban J connectivity index is 2.06. The first-order valence-electron chi connectivity index (χ1n) is 4.52. The van der Waals surface area contributed by atoms with Crippen molar-refractivity contribution in [3.05, 3.63) is 41.4 Å². The summed E-state index contributed by atoms with van der Waals surface area (Å²) in [5, 5.41) is 4.00. The zero-order valence-corrected chi connectivity index (χ0v) is 9.76. The molecule has 1 unspecified atom stereocenters.